The minimum absolute atomic E-state index is 0.0629. The average Bonchev–Trinajstić information content (AvgIpc) is 2.38. The molecule has 6 heteroatoms. The zero-order valence-corrected chi connectivity index (χ0v) is 12.1. The van der Waals surface area contributed by atoms with Crippen LogP contribution in [0.2, 0.25) is 5.02 Å². The monoisotopic (exact) mass is 309 g/mol. The average molecular weight is 310 g/mol. The molecular formula is C14H19ClF3NO. The number of likely N-dealkylation sites (N-methyl/N-ethyl adjacent to an activating group) is 1. The highest BCUT2D eigenvalue weighted by atomic mass is 35.5. The fraction of sp³-hybridized carbons (Fsp3) is 0.571. The highest BCUT2D eigenvalue weighted by Gasteiger charge is 2.14. The van der Waals surface area contributed by atoms with Crippen molar-refractivity contribution in [3.63, 3.8) is 0 Å². The largest absolute Gasteiger partial charge is 0.375 e. The lowest BCUT2D eigenvalue weighted by Gasteiger charge is -2.19. The maximum absolute atomic E-state index is 13.7. The standard InChI is InChI=1S/C14H19ClF3NO/c1-2-19-10(6-7-20-9-14(17)18)8-11-12(15)4-3-5-13(11)16/h3-5,10,14,19H,2,6-9H2,1H3. The van der Waals surface area contributed by atoms with E-state index in [2.05, 4.69) is 5.32 Å². The minimum Gasteiger partial charge on any atom is -0.375 e. The van der Waals surface area contributed by atoms with Crippen LogP contribution in [0.25, 0.3) is 0 Å². The lowest BCUT2D eigenvalue weighted by molar-refractivity contribution is 0.0144. The quantitative estimate of drug-likeness (QED) is 0.703. The van der Waals surface area contributed by atoms with Crippen molar-refractivity contribution in [2.24, 2.45) is 0 Å². The van der Waals surface area contributed by atoms with Crippen molar-refractivity contribution in [2.75, 3.05) is 19.8 Å². The molecule has 0 aliphatic carbocycles. The van der Waals surface area contributed by atoms with Crippen LogP contribution >= 0.6 is 11.6 Å². The molecule has 20 heavy (non-hydrogen) atoms. The van der Waals surface area contributed by atoms with Crippen molar-refractivity contribution in [3.8, 4) is 0 Å². The first-order chi connectivity index (χ1) is 9.54. The summed E-state index contributed by atoms with van der Waals surface area (Å²) in [4.78, 5) is 0. The Morgan fingerprint density at radius 2 is 2.10 bits per heavy atom. The van der Waals surface area contributed by atoms with Crippen molar-refractivity contribution >= 4 is 11.6 Å². The van der Waals surface area contributed by atoms with Gasteiger partial charge in [-0.25, -0.2) is 13.2 Å². The Balaban J connectivity index is 2.53. The molecule has 0 spiro atoms. The maximum atomic E-state index is 13.7. The van der Waals surface area contributed by atoms with Gasteiger partial charge >= 0.3 is 0 Å². The lowest BCUT2D eigenvalue weighted by atomic mass is 10.0. The SMILES string of the molecule is CCNC(CCOCC(F)F)Cc1c(F)cccc1Cl. The van der Waals surface area contributed by atoms with Crippen LogP contribution in [0.15, 0.2) is 18.2 Å². The van der Waals surface area contributed by atoms with Gasteiger partial charge in [-0.15, -0.1) is 0 Å². The number of halogens is 4. The molecule has 114 valence electrons. The van der Waals surface area contributed by atoms with Crippen molar-refractivity contribution in [2.45, 2.75) is 32.2 Å². The number of ether oxygens (including phenoxy) is 1. The van der Waals surface area contributed by atoms with Gasteiger partial charge in [0.2, 0.25) is 0 Å². The topological polar surface area (TPSA) is 21.3 Å². The second-order valence-electron chi connectivity index (χ2n) is 4.41. The summed E-state index contributed by atoms with van der Waals surface area (Å²) in [7, 11) is 0. The molecule has 0 aromatic heterocycles. The van der Waals surface area contributed by atoms with Gasteiger partial charge in [0.25, 0.3) is 6.43 Å². The molecule has 1 atom stereocenters. The van der Waals surface area contributed by atoms with E-state index < -0.39 is 13.0 Å². The predicted molar refractivity (Wildman–Crippen MR) is 74.0 cm³/mol. The van der Waals surface area contributed by atoms with Gasteiger partial charge in [0.15, 0.2) is 0 Å². The number of benzene rings is 1. The van der Waals surface area contributed by atoms with Crippen molar-refractivity contribution in [1.82, 2.24) is 5.32 Å². The van der Waals surface area contributed by atoms with Crippen LogP contribution in [-0.4, -0.2) is 32.2 Å². The summed E-state index contributed by atoms with van der Waals surface area (Å²) < 4.78 is 42.5. The highest BCUT2D eigenvalue weighted by molar-refractivity contribution is 6.31. The van der Waals surface area contributed by atoms with E-state index in [1.165, 1.54) is 6.07 Å². The molecule has 1 N–H and O–H groups in total. The Morgan fingerprint density at radius 1 is 1.35 bits per heavy atom. The number of alkyl halides is 2. The zero-order valence-electron chi connectivity index (χ0n) is 11.3. The fourth-order valence-corrected chi connectivity index (χ4v) is 2.18. The van der Waals surface area contributed by atoms with Gasteiger partial charge in [-0.3, -0.25) is 0 Å². The van der Waals surface area contributed by atoms with E-state index in [0.29, 0.717) is 30.0 Å². The summed E-state index contributed by atoms with van der Waals surface area (Å²) >= 11 is 5.98. The molecule has 1 unspecified atom stereocenters. The Kier molecular flexibility index (Phi) is 7.95. The Bertz CT molecular complexity index is 384. The third-order valence-electron chi connectivity index (χ3n) is 2.86. The number of nitrogens with one attached hydrogen (secondary N) is 1. The maximum Gasteiger partial charge on any atom is 0.261 e. The van der Waals surface area contributed by atoms with Gasteiger partial charge in [-0.1, -0.05) is 24.6 Å². The van der Waals surface area contributed by atoms with E-state index in [-0.39, 0.29) is 18.5 Å². The molecule has 1 aromatic rings. The van der Waals surface area contributed by atoms with Crippen LogP contribution in [0, 0.1) is 5.82 Å². The smallest absolute Gasteiger partial charge is 0.261 e. The molecule has 1 aromatic carbocycles. The number of hydrogen-bond donors (Lipinski definition) is 1. The van der Waals surface area contributed by atoms with E-state index in [1.54, 1.807) is 12.1 Å². The second-order valence-corrected chi connectivity index (χ2v) is 4.82. The van der Waals surface area contributed by atoms with E-state index in [4.69, 9.17) is 16.3 Å². The third-order valence-corrected chi connectivity index (χ3v) is 3.21. The molecule has 0 amide bonds. The molecule has 0 saturated heterocycles. The molecule has 0 heterocycles. The van der Waals surface area contributed by atoms with E-state index >= 15 is 0 Å². The summed E-state index contributed by atoms with van der Waals surface area (Å²) in [5.74, 6) is -0.353. The van der Waals surface area contributed by atoms with Crippen LogP contribution in [0.3, 0.4) is 0 Å². The Hall–Kier alpha value is -0.780. The first-order valence-corrected chi connectivity index (χ1v) is 6.94. The van der Waals surface area contributed by atoms with Crippen molar-refractivity contribution < 1.29 is 17.9 Å². The Morgan fingerprint density at radius 3 is 2.70 bits per heavy atom. The molecule has 0 bridgehead atoms. The van der Waals surface area contributed by atoms with Gasteiger partial charge < -0.3 is 10.1 Å². The van der Waals surface area contributed by atoms with Crippen LogP contribution in [0.5, 0.6) is 0 Å². The number of hydrogen-bond acceptors (Lipinski definition) is 2. The molecule has 0 aliphatic heterocycles. The van der Waals surface area contributed by atoms with Crippen LogP contribution in [0.1, 0.15) is 18.9 Å². The summed E-state index contributed by atoms with van der Waals surface area (Å²) in [6.07, 6.45) is -1.55. The van der Waals surface area contributed by atoms with Gasteiger partial charge in [-0.05, 0) is 31.5 Å². The summed E-state index contributed by atoms with van der Waals surface area (Å²) in [6, 6.07) is 4.48. The third kappa shape index (κ3) is 6.11. The second kappa shape index (κ2) is 9.21. The first kappa shape index (κ1) is 17.3. The lowest BCUT2D eigenvalue weighted by Crippen LogP contribution is -2.32. The Labute approximate surface area is 122 Å². The molecule has 0 radical (unpaired) electrons. The first-order valence-electron chi connectivity index (χ1n) is 6.56. The number of rotatable bonds is 9. The van der Waals surface area contributed by atoms with E-state index in [1.807, 2.05) is 6.92 Å². The molecule has 1 rings (SSSR count). The van der Waals surface area contributed by atoms with Gasteiger partial charge in [0, 0.05) is 23.2 Å². The van der Waals surface area contributed by atoms with E-state index in [0.717, 1.165) is 0 Å². The molecule has 0 fully saturated rings. The van der Waals surface area contributed by atoms with Gasteiger partial charge in [0.1, 0.15) is 12.4 Å². The summed E-state index contributed by atoms with van der Waals surface area (Å²) in [5, 5.41) is 3.56. The van der Waals surface area contributed by atoms with E-state index in [9.17, 15) is 13.2 Å². The molecule has 2 nitrogen and oxygen atoms in total. The fourth-order valence-electron chi connectivity index (χ4n) is 1.94. The van der Waals surface area contributed by atoms with Crippen LogP contribution in [-0.2, 0) is 11.2 Å². The predicted octanol–water partition coefficient (Wildman–Crippen LogP) is 3.67. The minimum atomic E-state index is -2.46. The highest BCUT2D eigenvalue weighted by Crippen LogP contribution is 2.21. The summed E-state index contributed by atoms with van der Waals surface area (Å²) in [6.45, 7) is 2.26. The van der Waals surface area contributed by atoms with Gasteiger partial charge in [-0.2, -0.15) is 0 Å². The van der Waals surface area contributed by atoms with Gasteiger partial charge in [0.05, 0.1) is 0 Å². The van der Waals surface area contributed by atoms with Crippen molar-refractivity contribution in [1.29, 1.82) is 0 Å². The zero-order chi connectivity index (χ0) is 15.0. The molecule has 0 saturated carbocycles. The van der Waals surface area contributed by atoms with Crippen molar-refractivity contribution in [3.05, 3.63) is 34.6 Å². The molecular weight excluding hydrogens is 291 g/mol. The normalized spacial score (nSPS) is 12.9. The molecule has 0 aliphatic rings. The van der Waals surface area contributed by atoms with Crippen LogP contribution in [0.4, 0.5) is 13.2 Å². The summed E-state index contributed by atoms with van der Waals surface area (Å²) in [5.41, 5.74) is 0.439. The van der Waals surface area contributed by atoms with Crippen LogP contribution < -0.4 is 5.32 Å².